The average molecular weight is 215 g/mol. The summed E-state index contributed by atoms with van der Waals surface area (Å²) in [6.07, 6.45) is 1.000. The summed E-state index contributed by atoms with van der Waals surface area (Å²) in [5.41, 5.74) is 0.357. The second kappa shape index (κ2) is 3.26. The molecular weight excluding hydrogens is 211 g/mol. The molecule has 1 aromatic carbocycles. The molecule has 6 heteroatoms. The minimum Gasteiger partial charge on any atom is -0.395 e. The molecular formula is C8H4ClFN2O2. The molecule has 0 fully saturated rings. The molecule has 0 spiro atoms. The molecule has 0 saturated carbocycles. The normalized spacial score (nSPS) is 10.4. The van der Waals surface area contributed by atoms with E-state index in [1.807, 2.05) is 0 Å². The second-order valence-electron chi connectivity index (χ2n) is 2.51. The van der Waals surface area contributed by atoms with Crippen LogP contribution in [0, 0.1) is 5.82 Å². The zero-order valence-corrected chi connectivity index (χ0v) is 7.53. The number of halogens is 2. The third kappa shape index (κ3) is 1.42. The zero-order valence-electron chi connectivity index (χ0n) is 6.78. The van der Waals surface area contributed by atoms with E-state index in [4.69, 9.17) is 11.6 Å². The summed E-state index contributed by atoms with van der Waals surface area (Å²) in [6, 6.07) is 3.82. The highest BCUT2D eigenvalue weighted by Gasteiger charge is 2.06. The van der Waals surface area contributed by atoms with E-state index in [2.05, 4.69) is 9.52 Å². The van der Waals surface area contributed by atoms with E-state index in [0.717, 1.165) is 17.1 Å². The third-order valence-electron chi connectivity index (χ3n) is 1.64. The van der Waals surface area contributed by atoms with Gasteiger partial charge in [0.05, 0.1) is 10.7 Å². The van der Waals surface area contributed by atoms with Gasteiger partial charge in [0.1, 0.15) is 5.82 Å². The van der Waals surface area contributed by atoms with Crippen LogP contribution < -0.4 is 5.76 Å². The Hall–Kier alpha value is -1.62. The van der Waals surface area contributed by atoms with Gasteiger partial charge in [-0.15, -0.1) is 5.10 Å². The van der Waals surface area contributed by atoms with Crippen LogP contribution in [0.4, 0.5) is 4.39 Å². The SMILES string of the molecule is O=c1ocnn1-c1ccc(F)c(Cl)c1. The van der Waals surface area contributed by atoms with Gasteiger partial charge in [0, 0.05) is 0 Å². The largest absolute Gasteiger partial charge is 0.441 e. The van der Waals surface area contributed by atoms with Gasteiger partial charge in [-0.05, 0) is 18.2 Å². The molecule has 0 unspecified atom stereocenters. The summed E-state index contributed by atoms with van der Waals surface area (Å²) >= 11 is 5.53. The maximum Gasteiger partial charge on any atom is 0.441 e. The van der Waals surface area contributed by atoms with Crippen LogP contribution in [0.2, 0.25) is 5.02 Å². The van der Waals surface area contributed by atoms with Crippen molar-refractivity contribution >= 4 is 11.6 Å². The summed E-state index contributed by atoms with van der Waals surface area (Å²) in [5, 5.41) is 3.54. The molecule has 0 aliphatic rings. The Bertz CT molecular complexity index is 520. The summed E-state index contributed by atoms with van der Waals surface area (Å²) in [4.78, 5) is 11.0. The van der Waals surface area contributed by atoms with E-state index in [9.17, 15) is 9.18 Å². The Morgan fingerprint density at radius 3 is 2.86 bits per heavy atom. The average Bonchev–Trinajstić information content (AvgIpc) is 2.57. The van der Waals surface area contributed by atoms with Crippen LogP contribution in [-0.2, 0) is 0 Å². The molecule has 0 atom stereocenters. The maximum absolute atomic E-state index is 12.8. The van der Waals surface area contributed by atoms with Gasteiger partial charge in [0.25, 0.3) is 0 Å². The molecule has 1 aromatic heterocycles. The van der Waals surface area contributed by atoms with Gasteiger partial charge >= 0.3 is 5.76 Å². The predicted molar refractivity (Wildman–Crippen MR) is 47.1 cm³/mol. The van der Waals surface area contributed by atoms with E-state index >= 15 is 0 Å². The molecule has 0 bridgehead atoms. The lowest BCUT2D eigenvalue weighted by Crippen LogP contribution is -2.13. The number of nitrogens with zero attached hydrogens (tertiary/aromatic N) is 2. The molecule has 1 heterocycles. The highest BCUT2D eigenvalue weighted by Crippen LogP contribution is 2.17. The van der Waals surface area contributed by atoms with Gasteiger partial charge in [-0.2, -0.15) is 4.68 Å². The molecule has 72 valence electrons. The predicted octanol–water partition coefficient (Wildman–Crippen LogP) is 1.62. The Labute approximate surface area is 82.5 Å². The first-order chi connectivity index (χ1) is 6.68. The van der Waals surface area contributed by atoms with Gasteiger partial charge in [-0.25, -0.2) is 9.18 Å². The molecule has 0 aliphatic carbocycles. The molecule has 14 heavy (non-hydrogen) atoms. The van der Waals surface area contributed by atoms with Crippen molar-refractivity contribution in [3.05, 3.63) is 46.0 Å². The number of aromatic nitrogens is 2. The van der Waals surface area contributed by atoms with Crippen molar-refractivity contribution in [2.45, 2.75) is 0 Å². The van der Waals surface area contributed by atoms with E-state index in [1.54, 1.807) is 0 Å². The molecule has 0 amide bonds. The van der Waals surface area contributed by atoms with Crippen LogP contribution in [0.3, 0.4) is 0 Å². The summed E-state index contributed by atoms with van der Waals surface area (Å²) in [6.45, 7) is 0. The van der Waals surface area contributed by atoms with Gasteiger partial charge in [0.2, 0.25) is 6.39 Å². The van der Waals surface area contributed by atoms with E-state index in [0.29, 0.717) is 5.69 Å². The minimum atomic E-state index is -0.646. The van der Waals surface area contributed by atoms with Crippen molar-refractivity contribution < 1.29 is 8.81 Å². The van der Waals surface area contributed by atoms with Crippen LogP contribution in [0.15, 0.2) is 33.8 Å². The Morgan fingerprint density at radius 1 is 1.50 bits per heavy atom. The van der Waals surface area contributed by atoms with Crippen LogP contribution >= 0.6 is 11.6 Å². The standard InChI is InChI=1S/C8H4ClFN2O2/c9-6-3-5(1-2-7(6)10)12-8(13)14-4-11-12/h1-4H. The fourth-order valence-corrected chi connectivity index (χ4v) is 1.18. The van der Waals surface area contributed by atoms with E-state index in [-0.39, 0.29) is 5.02 Å². The number of hydrogen-bond acceptors (Lipinski definition) is 3. The van der Waals surface area contributed by atoms with Crippen molar-refractivity contribution in [3.8, 4) is 5.69 Å². The van der Waals surface area contributed by atoms with Crippen LogP contribution in [0.25, 0.3) is 5.69 Å². The molecule has 2 rings (SSSR count). The quantitative estimate of drug-likeness (QED) is 0.725. The summed E-state index contributed by atoms with van der Waals surface area (Å²) in [5.74, 6) is -1.19. The monoisotopic (exact) mass is 214 g/mol. The molecule has 0 aliphatic heterocycles. The van der Waals surface area contributed by atoms with Crippen molar-refractivity contribution in [1.29, 1.82) is 0 Å². The maximum atomic E-state index is 12.8. The van der Waals surface area contributed by atoms with Crippen LogP contribution in [0.5, 0.6) is 0 Å². The first-order valence-electron chi connectivity index (χ1n) is 3.67. The zero-order chi connectivity index (χ0) is 10.1. The van der Waals surface area contributed by atoms with Crippen molar-refractivity contribution in [3.63, 3.8) is 0 Å². The van der Waals surface area contributed by atoms with Gasteiger partial charge in [0.15, 0.2) is 0 Å². The first-order valence-corrected chi connectivity index (χ1v) is 4.04. The number of hydrogen-bond donors (Lipinski definition) is 0. The Balaban J connectivity index is 2.59. The van der Waals surface area contributed by atoms with E-state index < -0.39 is 11.6 Å². The van der Waals surface area contributed by atoms with Crippen LogP contribution in [-0.4, -0.2) is 9.78 Å². The summed E-state index contributed by atoms with van der Waals surface area (Å²) < 4.78 is 18.2. The summed E-state index contributed by atoms with van der Waals surface area (Å²) in [7, 11) is 0. The highest BCUT2D eigenvalue weighted by atomic mass is 35.5. The van der Waals surface area contributed by atoms with E-state index in [1.165, 1.54) is 12.1 Å². The minimum absolute atomic E-state index is 0.0719. The number of rotatable bonds is 1. The second-order valence-corrected chi connectivity index (χ2v) is 2.92. The Morgan fingerprint density at radius 2 is 2.29 bits per heavy atom. The topological polar surface area (TPSA) is 48.0 Å². The lowest BCUT2D eigenvalue weighted by Gasteiger charge is -1.98. The molecule has 0 N–H and O–H groups in total. The van der Waals surface area contributed by atoms with Crippen molar-refractivity contribution in [2.24, 2.45) is 0 Å². The van der Waals surface area contributed by atoms with Crippen molar-refractivity contribution in [1.82, 2.24) is 9.78 Å². The number of benzene rings is 1. The van der Waals surface area contributed by atoms with Crippen LogP contribution in [0.1, 0.15) is 0 Å². The lowest BCUT2D eigenvalue weighted by molar-refractivity contribution is 0.503. The fourth-order valence-electron chi connectivity index (χ4n) is 1.00. The first kappa shape index (κ1) is 8.96. The smallest absolute Gasteiger partial charge is 0.395 e. The fraction of sp³-hybridized carbons (Fsp3) is 0. The highest BCUT2D eigenvalue weighted by molar-refractivity contribution is 6.30. The molecule has 2 aromatic rings. The van der Waals surface area contributed by atoms with Gasteiger partial charge in [-0.3, -0.25) is 0 Å². The van der Waals surface area contributed by atoms with Gasteiger partial charge in [-0.1, -0.05) is 11.6 Å². The third-order valence-corrected chi connectivity index (χ3v) is 1.93. The molecule has 0 radical (unpaired) electrons. The molecule has 0 saturated heterocycles. The molecule has 4 nitrogen and oxygen atoms in total. The van der Waals surface area contributed by atoms with Gasteiger partial charge < -0.3 is 4.42 Å². The Kier molecular flexibility index (Phi) is 2.09. The van der Waals surface area contributed by atoms with Crippen molar-refractivity contribution in [2.75, 3.05) is 0 Å². The lowest BCUT2D eigenvalue weighted by atomic mass is 10.3.